The summed E-state index contributed by atoms with van der Waals surface area (Å²) in [4.78, 5) is 10.5. The molecular weight excluding hydrogens is 154 g/mol. The van der Waals surface area contributed by atoms with Gasteiger partial charge in [-0.15, -0.1) is 0 Å². The fraction of sp³-hybridized carbons (Fsp3) is 0.667. The molecule has 12 heavy (non-hydrogen) atoms. The molecule has 0 aliphatic heterocycles. The van der Waals surface area contributed by atoms with Crippen molar-refractivity contribution < 1.29 is 9.90 Å². The molecule has 0 rings (SSSR count). The fourth-order valence-electron chi connectivity index (χ4n) is 0.922. The van der Waals surface area contributed by atoms with Crippen molar-refractivity contribution in [3.8, 4) is 0 Å². The van der Waals surface area contributed by atoms with E-state index in [0.717, 1.165) is 0 Å². The van der Waals surface area contributed by atoms with E-state index in [9.17, 15) is 4.79 Å². The SMILES string of the molecule is C=C(C(=O)O)C(C)NC(C)(C)C. The fourth-order valence-corrected chi connectivity index (χ4v) is 0.922. The summed E-state index contributed by atoms with van der Waals surface area (Å²) in [7, 11) is 0. The maximum Gasteiger partial charge on any atom is 0.332 e. The summed E-state index contributed by atoms with van der Waals surface area (Å²) in [6.45, 7) is 11.2. The van der Waals surface area contributed by atoms with Crippen molar-refractivity contribution in [3.63, 3.8) is 0 Å². The summed E-state index contributed by atoms with van der Waals surface area (Å²) in [5.74, 6) is -0.945. The zero-order chi connectivity index (χ0) is 9.94. The second-order valence-corrected chi connectivity index (χ2v) is 3.95. The monoisotopic (exact) mass is 171 g/mol. The molecule has 0 saturated heterocycles. The molecule has 0 aromatic carbocycles. The minimum atomic E-state index is -0.945. The van der Waals surface area contributed by atoms with Crippen LogP contribution in [0.2, 0.25) is 0 Å². The third kappa shape index (κ3) is 4.13. The first-order chi connectivity index (χ1) is 5.24. The molecule has 2 N–H and O–H groups in total. The third-order valence-corrected chi connectivity index (χ3v) is 1.45. The van der Waals surface area contributed by atoms with E-state index in [1.165, 1.54) is 0 Å². The molecule has 1 atom stereocenters. The Morgan fingerprint density at radius 1 is 1.50 bits per heavy atom. The van der Waals surface area contributed by atoms with Gasteiger partial charge in [-0.05, 0) is 27.7 Å². The van der Waals surface area contributed by atoms with Gasteiger partial charge in [0, 0.05) is 17.2 Å². The Morgan fingerprint density at radius 2 is 1.92 bits per heavy atom. The normalized spacial score (nSPS) is 14.0. The van der Waals surface area contributed by atoms with Crippen molar-refractivity contribution >= 4 is 5.97 Å². The van der Waals surface area contributed by atoms with E-state index in [1.807, 2.05) is 20.8 Å². The van der Waals surface area contributed by atoms with Gasteiger partial charge in [0.15, 0.2) is 0 Å². The maximum atomic E-state index is 10.5. The molecule has 0 aromatic rings. The van der Waals surface area contributed by atoms with Crippen LogP contribution >= 0.6 is 0 Å². The lowest BCUT2D eigenvalue weighted by atomic mass is 10.0. The first-order valence-corrected chi connectivity index (χ1v) is 3.94. The molecule has 70 valence electrons. The molecule has 3 heteroatoms. The van der Waals surface area contributed by atoms with Crippen LogP contribution in [0.3, 0.4) is 0 Å². The van der Waals surface area contributed by atoms with Crippen LogP contribution in [0.5, 0.6) is 0 Å². The predicted octanol–water partition coefficient (Wildman–Crippen LogP) is 1.40. The smallest absolute Gasteiger partial charge is 0.332 e. The van der Waals surface area contributed by atoms with E-state index in [1.54, 1.807) is 6.92 Å². The minimum Gasteiger partial charge on any atom is -0.478 e. The molecule has 0 spiro atoms. The standard InChI is InChI=1S/C9H17NO2/c1-6(8(11)12)7(2)10-9(3,4)5/h7,10H,1H2,2-5H3,(H,11,12). The van der Waals surface area contributed by atoms with E-state index < -0.39 is 5.97 Å². The summed E-state index contributed by atoms with van der Waals surface area (Å²) >= 11 is 0. The molecule has 0 amide bonds. The Morgan fingerprint density at radius 3 is 2.17 bits per heavy atom. The number of hydrogen-bond acceptors (Lipinski definition) is 2. The van der Waals surface area contributed by atoms with Crippen molar-refractivity contribution in [2.24, 2.45) is 0 Å². The summed E-state index contributed by atoms with van der Waals surface area (Å²) in [6.07, 6.45) is 0. The Balaban J connectivity index is 4.14. The second-order valence-electron chi connectivity index (χ2n) is 3.95. The van der Waals surface area contributed by atoms with Crippen LogP contribution in [-0.4, -0.2) is 22.7 Å². The zero-order valence-corrected chi connectivity index (χ0v) is 8.14. The lowest BCUT2D eigenvalue weighted by molar-refractivity contribution is -0.133. The van der Waals surface area contributed by atoms with E-state index >= 15 is 0 Å². The van der Waals surface area contributed by atoms with Gasteiger partial charge >= 0.3 is 5.97 Å². The van der Waals surface area contributed by atoms with Gasteiger partial charge in [-0.3, -0.25) is 0 Å². The first kappa shape index (κ1) is 11.2. The predicted molar refractivity (Wildman–Crippen MR) is 49.1 cm³/mol. The number of carbonyl (C=O) groups is 1. The first-order valence-electron chi connectivity index (χ1n) is 3.94. The Kier molecular flexibility index (Phi) is 3.46. The topological polar surface area (TPSA) is 49.3 Å². The van der Waals surface area contributed by atoms with Crippen LogP contribution in [-0.2, 0) is 4.79 Å². The Bertz CT molecular complexity index is 191. The highest BCUT2D eigenvalue weighted by Gasteiger charge is 2.18. The van der Waals surface area contributed by atoms with Crippen LogP contribution in [0.4, 0.5) is 0 Å². The number of nitrogens with one attached hydrogen (secondary N) is 1. The molecule has 0 saturated carbocycles. The largest absolute Gasteiger partial charge is 0.478 e. The van der Waals surface area contributed by atoms with Gasteiger partial charge in [0.1, 0.15) is 0 Å². The third-order valence-electron chi connectivity index (χ3n) is 1.45. The van der Waals surface area contributed by atoms with Crippen molar-refractivity contribution in [3.05, 3.63) is 12.2 Å². The number of carboxylic acid groups (broad SMARTS) is 1. The number of rotatable bonds is 3. The van der Waals surface area contributed by atoms with Crippen LogP contribution in [0.25, 0.3) is 0 Å². The van der Waals surface area contributed by atoms with Crippen LogP contribution < -0.4 is 5.32 Å². The van der Waals surface area contributed by atoms with Crippen LogP contribution in [0.1, 0.15) is 27.7 Å². The Hall–Kier alpha value is -0.830. The van der Waals surface area contributed by atoms with E-state index in [0.29, 0.717) is 0 Å². The zero-order valence-electron chi connectivity index (χ0n) is 8.14. The highest BCUT2D eigenvalue weighted by molar-refractivity contribution is 5.87. The van der Waals surface area contributed by atoms with Gasteiger partial charge in [-0.2, -0.15) is 0 Å². The van der Waals surface area contributed by atoms with Gasteiger partial charge in [-0.25, -0.2) is 4.79 Å². The van der Waals surface area contributed by atoms with Gasteiger partial charge in [0.05, 0.1) is 0 Å². The molecule has 0 aliphatic rings. The summed E-state index contributed by atoms with van der Waals surface area (Å²) in [5, 5.41) is 11.7. The van der Waals surface area contributed by atoms with E-state index in [-0.39, 0.29) is 17.2 Å². The molecule has 0 heterocycles. The molecule has 0 aromatic heterocycles. The van der Waals surface area contributed by atoms with Gasteiger partial charge in [0.2, 0.25) is 0 Å². The summed E-state index contributed by atoms with van der Waals surface area (Å²) < 4.78 is 0. The van der Waals surface area contributed by atoms with Crippen molar-refractivity contribution in [1.29, 1.82) is 0 Å². The van der Waals surface area contributed by atoms with E-state index in [4.69, 9.17) is 5.11 Å². The average molecular weight is 171 g/mol. The van der Waals surface area contributed by atoms with Crippen molar-refractivity contribution in [1.82, 2.24) is 5.32 Å². The average Bonchev–Trinajstić information content (AvgIpc) is 1.82. The van der Waals surface area contributed by atoms with E-state index in [2.05, 4.69) is 11.9 Å². The molecular formula is C9H17NO2. The number of aliphatic carboxylic acids is 1. The lowest BCUT2D eigenvalue weighted by Crippen LogP contribution is -2.44. The van der Waals surface area contributed by atoms with Crippen LogP contribution in [0, 0.1) is 0 Å². The number of carboxylic acids is 1. The second kappa shape index (κ2) is 3.72. The highest BCUT2D eigenvalue weighted by atomic mass is 16.4. The summed E-state index contributed by atoms with van der Waals surface area (Å²) in [6, 6.07) is -0.192. The van der Waals surface area contributed by atoms with Crippen LogP contribution in [0.15, 0.2) is 12.2 Å². The lowest BCUT2D eigenvalue weighted by Gasteiger charge is -2.25. The molecule has 3 nitrogen and oxygen atoms in total. The van der Waals surface area contributed by atoms with Gasteiger partial charge in [-0.1, -0.05) is 6.58 Å². The maximum absolute atomic E-state index is 10.5. The Labute approximate surface area is 73.5 Å². The molecule has 0 bridgehead atoms. The van der Waals surface area contributed by atoms with Crippen molar-refractivity contribution in [2.45, 2.75) is 39.3 Å². The highest BCUT2D eigenvalue weighted by Crippen LogP contribution is 2.06. The summed E-state index contributed by atoms with van der Waals surface area (Å²) in [5.41, 5.74) is 0.113. The molecule has 0 radical (unpaired) electrons. The quantitative estimate of drug-likeness (QED) is 0.631. The number of hydrogen-bond donors (Lipinski definition) is 2. The van der Waals surface area contributed by atoms with Gasteiger partial charge < -0.3 is 10.4 Å². The van der Waals surface area contributed by atoms with Gasteiger partial charge in [0.25, 0.3) is 0 Å². The molecule has 0 aliphatic carbocycles. The minimum absolute atomic E-state index is 0.0855. The molecule has 0 fully saturated rings. The molecule has 1 unspecified atom stereocenters. The van der Waals surface area contributed by atoms with Crippen molar-refractivity contribution in [2.75, 3.05) is 0 Å².